The molecule has 13 heteroatoms. The Kier molecular flexibility index (Phi) is 5.84. The van der Waals surface area contributed by atoms with E-state index in [9.17, 15) is 57.8 Å². The minimum Gasteiger partial charge on any atom is -0.388 e. The third-order valence-electron chi connectivity index (χ3n) is 3.47. The summed E-state index contributed by atoms with van der Waals surface area (Å²) in [6.45, 7) is 1.66. The van der Waals surface area contributed by atoms with Crippen molar-refractivity contribution in [2.75, 3.05) is 0 Å². The van der Waals surface area contributed by atoms with Gasteiger partial charge in [-0.3, -0.25) is 0 Å². The van der Waals surface area contributed by atoms with Crippen molar-refractivity contribution in [2.45, 2.75) is 44.7 Å². The van der Waals surface area contributed by atoms with Crippen LogP contribution in [0.2, 0.25) is 0 Å². The Hall–Kier alpha value is -1.66. The highest BCUT2D eigenvalue weighted by Gasteiger charge is 2.54. The monoisotopic (exact) mass is 422 g/mol. The maximum atomic E-state index is 13.2. The summed E-state index contributed by atoms with van der Waals surface area (Å²) in [4.78, 5) is 0. The molecule has 0 saturated carbocycles. The van der Waals surface area contributed by atoms with Gasteiger partial charge in [0.05, 0.1) is 28.4 Å². The number of aliphatic hydroxyl groups is 1. The lowest BCUT2D eigenvalue weighted by Gasteiger charge is -2.29. The first-order chi connectivity index (χ1) is 11.7. The molecule has 0 fully saturated rings. The van der Waals surface area contributed by atoms with Crippen molar-refractivity contribution in [3.05, 3.63) is 33.9 Å². The van der Waals surface area contributed by atoms with Crippen LogP contribution in [-0.2, 0) is 24.7 Å². The first kappa shape index (κ1) is 23.4. The fourth-order valence-electron chi connectivity index (χ4n) is 2.39. The zero-order chi connectivity index (χ0) is 21.7. The Balaban J connectivity index is 4.37. The molecule has 1 nitrogen and oxygen atoms in total. The van der Waals surface area contributed by atoms with Crippen molar-refractivity contribution >= 4 is 0 Å². The first-order valence-corrected chi connectivity index (χ1v) is 6.88. The van der Waals surface area contributed by atoms with Gasteiger partial charge in [-0.25, -0.2) is 0 Å². The SMILES string of the molecule is CC(C)C(O)c1c(C(F)(F)F)c(C(F)(F)F)cc(C(F)(F)F)c1C(F)(F)F. The van der Waals surface area contributed by atoms with E-state index in [0.717, 1.165) is 13.8 Å². The van der Waals surface area contributed by atoms with Crippen LogP contribution in [0.5, 0.6) is 0 Å². The van der Waals surface area contributed by atoms with Gasteiger partial charge in [-0.1, -0.05) is 13.8 Å². The molecule has 0 heterocycles. The molecule has 1 atom stereocenters. The molecule has 1 N–H and O–H groups in total. The molecular formula is C14H10F12O. The number of alkyl halides is 12. The van der Waals surface area contributed by atoms with Crippen LogP contribution in [0.4, 0.5) is 52.7 Å². The Morgan fingerprint density at radius 1 is 0.630 bits per heavy atom. The molecule has 0 radical (unpaired) electrons. The Bertz CT molecular complexity index is 640. The first-order valence-electron chi connectivity index (χ1n) is 6.88. The van der Waals surface area contributed by atoms with E-state index >= 15 is 0 Å². The number of hydrogen-bond acceptors (Lipinski definition) is 1. The fraction of sp³-hybridized carbons (Fsp3) is 0.571. The highest BCUT2D eigenvalue weighted by atomic mass is 19.4. The van der Waals surface area contributed by atoms with Crippen molar-refractivity contribution < 1.29 is 57.8 Å². The van der Waals surface area contributed by atoms with Crippen molar-refractivity contribution in [3.63, 3.8) is 0 Å². The molecule has 0 aliphatic carbocycles. The summed E-state index contributed by atoms with van der Waals surface area (Å²) in [5.41, 5.74) is -14.4. The van der Waals surface area contributed by atoms with E-state index in [1.165, 1.54) is 0 Å². The quantitative estimate of drug-likeness (QED) is 0.543. The summed E-state index contributed by atoms with van der Waals surface area (Å²) in [5, 5.41) is 9.73. The molecule has 27 heavy (non-hydrogen) atoms. The molecule has 0 aliphatic rings. The number of halogens is 12. The summed E-state index contributed by atoms with van der Waals surface area (Å²) in [6, 6.07) is -1.23. The summed E-state index contributed by atoms with van der Waals surface area (Å²) in [5.74, 6) is -1.56. The Morgan fingerprint density at radius 3 is 1.11 bits per heavy atom. The van der Waals surface area contributed by atoms with E-state index in [1.54, 1.807) is 0 Å². The maximum absolute atomic E-state index is 13.2. The van der Waals surface area contributed by atoms with Crippen LogP contribution < -0.4 is 0 Å². The average Bonchev–Trinajstić information content (AvgIpc) is 2.39. The molecule has 156 valence electrons. The van der Waals surface area contributed by atoms with Crippen LogP contribution in [0.1, 0.15) is 47.8 Å². The van der Waals surface area contributed by atoms with Gasteiger partial charge in [0, 0.05) is 5.56 Å². The average molecular weight is 422 g/mol. The summed E-state index contributed by atoms with van der Waals surface area (Å²) in [7, 11) is 0. The highest BCUT2D eigenvalue weighted by Crippen LogP contribution is 2.52. The zero-order valence-electron chi connectivity index (χ0n) is 13.2. The molecule has 0 spiro atoms. The molecule has 1 unspecified atom stereocenters. The van der Waals surface area contributed by atoms with Crippen LogP contribution >= 0.6 is 0 Å². The fourth-order valence-corrected chi connectivity index (χ4v) is 2.39. The van der Waals surface area contributed by atoms with Gasteiger partial charge in [0.1, 0.15) is 0 Å². The van der Waals surface area contributed by atoms with E-state index < -0.39 is 70.6 Å². The summed E-state index contributed by atoms with van der Waals surface area (Å²) >= 11 is 0. The van der Waals surface area contributed by atoms with Gasteiger partial charge in [-0.15, -0.1) is 0 Å². The second kappa shape index (κ2) is 6.74. The molecule has 0 aromatic heterocycles. The molecule has 0 saturated heterocycles. The molecule has 0 aliphatic heterocycles. The van der Waals surface area contributed by atoms with E-state index in [2.05, 4.69) is 0 Å². The molecule has 1 aromatic carbocycles. The maximum Gasteiger partial charge on any atom is 0.417 e. The van der Waals surface area contributed by atoms with Crippen LogP contribution in [0.25, 0.3) is 0 Å². The standard InChI is InChI=1S/C14H10F12O/c1-4(2)10(27)7-8(13(21,22)23)5(11(15,16)17)3-6(12(18,19)20)9(7)14(24,25)26/h3-4,10,27H,1-2H3. The number of benzene rings is 1. The normalized spacial score (nSPS) is 15.4. The van der Waals surface area contributed by atoms with Gasteiger partial charge < -0.3 is 5.11 Å². The topological polar surface area (TPSA) is 20.2 Å². The van der Waals surface area contributed by atoms with Gasteiger partial charge in [-0.05, 0) is 12.0 Å². The molecular weight excluding hydrogens is 412 g/mol. The second-order valence-electron chi connectivity index (χ2n) is 5.82. The highest BCUT2D eigenvalue weighted by molar-refractivity contribution is 5.52. The third-order valence-corrected chi connectivity index (χ3v) is 3.47. The molecule has 0 bridgehead atoms. The van der Waals surface area contributed by atoms with Crippen LogP contribution in [0.3, 0.4) is 0 Å². The van der Waals surface area contributed by atoms with E-state index in [0.29, 0.717) is 0 Å². The number of hydrogen-bond donors (Lipinski definition) is 1. The largest absolute Gasteiger partial charge is 0.417 e. The number of rotatable bonds is 2. The Labute approximate surface area is 143 Å². The predicted octanol–water partition coefficient (Wildman–Crippen LogP) is 6.45. The second-order valence-corrected chi connectivity index (χ2v) is 5.82. The van der Waals surface area contributed by atoms with Crippen LogP contribution in [0, 0.1) is 5.92 Å². The predicted molar refractivity (Wildman–Crippen MR) is 66.2 cm³/mol. The lowest BCUT2D eigenvalue weighted by molar-refractivity contribution is -0.173. The zero-order valence-corrected chi connectivity index (χ0v) is 13.2. The van der Waals surface area contributed by atoms with E-state index in [-0.39, 0.29) is 0 Å². The minimum absolute atomic E-state index is 0.832. The molecule has 0 amide bonds. The van der Waals surface area contributed by atoms with Gasteiger partial charge in [0.25, 0.3) is 0 Å². The lowest BCUT2D eigenvalue weighted by atomic mass is 9.84. The smallest absolute Gasteiger partial charge is 0.388 e. The Morgan fingerprint density at radius 2 is 0.926 bits per heavy atom. The third kappa shape index (κ3) is 4.79. The van der Waals surface area contributed by atoms with Gasteiger partial charge in [0.2, 0.25) is 0 Å². The molecule has 1 rings (SSSR count). The van der Waals surface area contributed by atoms with Gasteiger partial charge >= 0.3 is 24.7 Å². The number of aliphatic hydroxyl groups excluding tert-OH is 1. The van der Waals surface area contributed by atoms with E-state index in [1.807, 2.05) is 0 Å². The minimum atomic E-state index is -6.12. The van der Waals surface area contributed by atoms with Crippen molar-refractivity contribution in [1.82, 2.24) is 0 Å². The lowest BCUT2D eigenvalue weighted by Crippen LogP contribution is -2.29. The van der Waals surface area contributed by atoms with E-state index in [4.69, 9.17) is 0 Å². The van der Waals surface area contributed by atoms with Gasteiger partial charge in [0.15, 0.2) is 0 Å². The van der Waals surface area contributed by atoms with Crippen molar-refractivity contribution in [3.8, 4) is 0 Å². The van der Waals surface area contributed by atoms with Crippen LogP contribution in [-0.4, -0.2) is 5.11 Å². The summed E-state index contributed by atoms with van der Waals surface area (Å²) < 4.78 is 157. The van der Waals surface area contributed by atoms with Gasteiger partial charge in [-0.2, -0.15) is 52.7 Å². The summed E-state index contributed by atoms with van der Waals surface area (Å²) in [6.07, 6.45) is -27.3. The van der Waals surface area contributed by atoms with Crippen molar-refractivity contribution in [2.24, 2.45) is 5.92 Å². The van der Waals surface area contributed by atoms with Crippen LogP contribution in [0.15, 0.2) is 6.07 Å². The van der Waals surface area contributed by atoms with Crippen molar-refractivity contribution in [1.29, 1.82) is 0 Å². The molecule has 1 aromatic rings.